The minimum Gasteiger partial charge on any atom is -0.481 e. The van der Waals surface area contributed by atoms with Crippen molar-refractivity contribution in [3.8, 4) is 0 Å². The van der Waals surface area contributed by atoms with Gasteiger partial charge in [0.05, 0.1) is 30.5 Å². The molecule has 3 heterocycles. The molecule has 17 heteroatoms. The first kappa shape index (κ1) is 40.8. The topological polar surface area (TPSA) is 240 Å². The van der Waals surface area contributed by atoms with Gasteiger partial charge < -0.3 is 41.5 Å². The summed E-state index contributed by atoms with van der Waals surface area (Å²) in [7, 11) is 3.91. The standard InChI is InChI=1S/C20H22N8O5.C15H21NO2.ClH/c1-28(9-11-8-23-17-15(24-11)16(21)26-20(22)27-17)12-4-2-10(3-5-12)18(31)25-13(19(32)33)6-7-14(29)30;1-3-18-14(17)15(9-11-16(2)12-10-15)13-7-5-4-6-8-13;/h2-5,8,13H,6-7,9H2,1H3,(H,25,31)(H,29,30)(H,32,33)(H4,21,22,23,26,27);4-8H,3,9-12H2,1-2H3;1H/t13-;;/m0../s1. The van der Waals surface area contributed by atoms with Crippen LogP contribution in [0, 0.1) is 0 Å². The van der Waals surface area contributed by atoms with Gasteiger partial charge in [-0.15, -0.1) is 12.4 Å². The average molecular weight is 738 g/mol. The van der Waals surface area contributed by atoms with Crippen LogP contribution in [0.25, 0.3) is 11.2 Å². The number of carbonyl (C=O) groups excluding carboxylic acids is 2. The predicted molar refractivity (Wildman–Crippen MR) is 197 cm³/mol. The van der Waals surface area contributed by atoms with Gasteiger partial charge in [-0.05, 0) is 76.2 Å². The average Bonchev–Trinajstić information content (AvgIpc) is 3.11. The monoisotopic (exact) mass is 737 g/mol. The summed E-state index contributed by atoms with van der Waals surface area (Å²) in [5.74, 6) is -2.97. The van der Waals surface area contributed by atoms with Gasteiger partial charge in [0.2, 0.25) is 5.95 Å². The number of piperidine rings is 1. The van der Waals surface area contributed by atoms with Crippen LogP contribution in [0.2, 0.25) is 0 Å². The molecule has 1 aliphatic heterocycles. The van der Waals surface area contributed by atoms with E-state index in [0.717, 1.165) is 37.2 Å². The molecule has 2 aromatic carbocycles. The normalized spacial score (nSPS) is 14.1. The number of hydrogen-bond acceptors (Lipinski definition) is 13. The van der Waals surface area contributed by atoms with Crippen molar-refractivity contribution in [1.29, 1.82) is 0 Å². The molecule has 52 heavy (non-hydrogen) atoms. The summed E-state index contributed by atoms with van der Waals surface area (Å²) in [6.07, 6.45) is 2.64. The van der Waals surface area contributed by atoms with Crippen LogP contribution in [0.3, 0.4) is 0 Å². The number of carbonyl (C=O) groups is 4. The Balaban J connectivity index is 0.000000324. The van der Waals surface area contributed by atoms with Gasteiger partial charge in [0.1, 0.15) is 6.04 Å². The number of carboxylic acids is 2. The second-order valence-corrected chi connectivity index (χ2v) is 12.2. The number of aliphatic carboxylic acids is 2. The molecule has 1 fully saturated rings. The molecule has 1 amide bonds. The fraction of sp³-hybridized carbons (Fsp3) is 0.371. The first-order chi connectivity index (χ1) is 24.3. The molecule has 0 saturated carbocycles. The van der Waals surface area contributed by atoms with Crippen LogP contribution in [-0.4, -0.2) is 98.7 Å². The predicted octanol–water partition coefficient (Wildman–Crippen LogP) is 2.90. The maximum atomic E-state index is 12.4. The van der Waals surface area contributed by atoms with Crippen LogP contribution < -0.4 is 21.7 Å². The van der Waals surface area contributed by atoms with E-state index in [1.54, 1.807) is 18.3 Å². The Kier molecular flexibility index (Phi) is 14.6. The van der Waals surface area contributed by atoms with E-state index in [4.69, 9.17) is 21.3 Å². The molecule has 0 bridgehead atoms. The van der Waals surface area contributed by atoms with Gasteiger partial charge >= 0.3 is 17.9 Å². The lowest BCUT2D eigenvalue weighted by molar-refractivity contribution is -0.152. The lowest BCUT2D eigenvalue weighted by Gasteiger charge is -2.38. The highest BCUT2D eigenvalue weighted by molar-refractivity contribution is 5.97. The van der Waals surface area contributed by atoms with E-state index in [1.807, 2.05) is 49.2 Å². The van der Waals surface area contributed by atoms with Crippen molar-refractivity contribution in [2.24, 2.45) is 0 Å². The number of anilines is 3. The van der Waals surface area contributed by atoms with Crippen molar-refractivity contribution in [3.05, 3.63) is 77.6 Å². The highest BCUT2D eigenvalue weighted by atomic mass is 35.5. The number of rotatable bonds is 12. The number of nitrogens with one attached hydrogen (secondary N) is 1. The van der Waals surface area contributed by atoms with Crippen LogP contribution >= 0.6 is 12.4 Å². The molecule has 1 saturated heterocycles. The first-order valence-corrected chi connectivity index (χ1v) is 16.4. The molecule has 2 aromatic heterocycles. The van der Waals surface area contributed by atoms with E-state index in [2.05, 4.69) is 37.2 Å². The highest BCUT2D eigenvalue weighted by Crippen LogP contribution is 2.36. The molecule has 0 radical (unpaired) electrons. The number of amides is 1. The number of benzene rings is 2. The Morgan fingerprint density at radius 2 is 1.65 bits per heavy atom. The second-order valence-electron chi connectivity index (χ2n) is 12.2. The summed E-state index contributed by atoms with van der Waals surface area (Å²) in [4.78, 5) is 67.3. The molecular weight excluding hydrogens is 694 g/mol. The number of fused-ring (bicyclic) bond motifs is 1. The zero-order chi connectivity index (χ0) is 37.1. The molecule has 4 aromatic rings. The number of carboxylic acid groups (broad SMARTS) is 2. The van der Waals surface area contributed by atoms with Gasteiger partial charge in [0, 0.05) is 24.7 Å². The molecule has 0 spiro atoms. The van der Waals surface area contributed by atoms with Crippen LogP contribution in [-0.2, 0) is 31.1 Å². The zero-order valence-corrected chi connectivity index (χ0v) is 30.0. The van der Waals surface area contributed by atoms with Crippen molar-refractivity contribution in [3.63, 3.8) is 0 Å². The smallest absolute Gasteiger partial charge is 0.326 e. The van der Waals surface area contributed by atoms with Crippen molar-refractivity contribution >= 4 is 64.8 Å². The Labute approximate surface area is 307 Å². The molecular formula is C35H44ClN9O7. The minimum absolute atomic E-state index is 0. The SMILES string of the molecule is CCOC(=O)C1(c2ccccc2)CCN(C)CC1.CN(Cc1cnc2nc(N)nc(N)c2n1)c1ccc(C(=O)N[C@@H](CCC(=O)O)C(=O)O)cc1.Cl. The first-order valence-electron chi connectivity index (χ1n) is 16.4. The maximum absolute atomic E-state index is 12.4. The summed E-state index contributed by atoms with van der Waals surface area (Å²) in [5, 5.41) is 20.2. The number of esters is 1. The number of nitrogens with two attached hydrogens (primary N) is 2. The third-order valence-corrected chi connectivity index (χ3v) is 8.55. The van der Waals surface area contributed by atoms with Gasteiger partial charge in [0.25, 0.3) is 5.91 Å². The fourth-order valence-electron chi connectivity index (χ4n) is 5.66. The molecule has 278 valence electrons. The number of halogens is 1. The summed E-state index contributed by atoms with van der Waals surface area (Å²) < 4.78 is 5.32. The van der Waals surface area contributed by atoms with E-state index in [0.29, 0.717) is 30.0 Å². The number of nitrogen functional groups attached to an aromatic ring is 2. The van der Waals surface area contributed by atoms with Crippen LogP contribution in [0.5, 0.6) is 0 Å². The van der Waals surface area contributed by atoms with Crippen molar-refractivity contribution in [2.75, 3.05) is 50.2 Å². The van der Waals surface area contributed by atoms with E-state index >= 15 is 0 Å². The van der Waals surface area contributed by atoms with E-state index in [-0.39, 0.29) is 48.5 Å². The maximum Gasteiger partial charge on any atom is 0.326 e. The summed E-state index contributed by atoms with van der Waals surface area (Å²) in [6.45, 7) is 4.56. The Morgan fingerprint density at radius 1 is 1.00 bits per heavy atom. The lowest BCUT2D eigenvalue weighted by Crippen LogP contribution is -2.47. The van der Waals surface area contributed by atoms with Crippen molar-refractivity contribution < 1.29 is 34.1 Å². The molecule has 0 aliphatic carbocycles. The summed E-state index contributed by atoms with van der Waals surface area (Å²) in [5.41, 5.74) is 14.3. The number of aromatic nitrogens is 4. The number of hydrogen-bond donors (Lipinski definition) is 5. The Morgan fingerprint density at radius 3 is 2.25 bits per heavy atom. The van der Waals surface area contributed by atoms with Crippen LogP contribution in [0.15, 0.2) is 60.8 Å². The summed E-state index contributed by atoms with van der Waals surface area (Å²) >= 11 is 0. The van der Waals surface area contributed by atoms with Gasteiger partial charge in [-0.25, -0.2) is 14.8 Å². The number of likely N-dealkylation sites (tertiary alicyclic amines) is 1. The molecule has 1 atom stereocenters. The highest BCUT2D eigenvalue weighted by Gasteiger charge is 2.43. The van der Waals surface area contributed by atoms with Gasteiger partial charge in [0.15, 0.2) is 17.0 Å². The van der Waals surface area contributed by atoms with Crippen LogP contribution in [0.4, 0.5) is 17.5 Å². The quantitative estimate of drug-likeness (QED) is 0.131. The fourth-order valence-corrected chi connectivity index (χ4v) is 5.66. The largest absolute Gasteiger partial charge is 0.481 e. The van der Waals surface area contributed by atoms with Crippen molar-refractivity contribution in [1.82, 2.24) is 30.2 Å². The lowest BCUT2D eigenvalue weighted by atomic mass is 9.73. The Bertz CT molecular complexity index is 1840. The van der Waals surface area contributed by atoms with Gasteiger partial charge in [-0.1, -0.05) is 30.3 Å². The van der Waals surface area contributed by atoms with Gasteiger partial charge in [-0.2, -0.15) is 9.97 Å². The molecule has 7 N–H and O–H groups in total. The molecule has 5 rings (SSSR count). The number of nitrogens with zero attached hydrogens (tertiary/aromatic N) is 6. The van der Waals surface area contributed by atoms with E-state index in [9.17, 15) is 24.3 Å². The number of ether oxygens (including phenoxy) is 1. The van der Waals surface area contributed by atoms with Crippen LogP contribution in [0.1, 0.15) is 54.2 Å². The third-order valence-electron chi connectivity index (χ3n) is 8.55. The third kappa shape index (κ3) is 10.5. The zero-order valence-electron chi connectivity index (χ0n) is 29.2. The summed E-state index contributed by atoms with van der Waals surface area (Å²) in [6, 6.07) is 15.2. The van der Waals surface area contributed by atoms with E-state index in [1.165, 1.54) is 12.1 Å². The molecule has 16 nitrogen and oxygen atoms in total. The molecule has 0 unspecified atom stereocenters. The Hall–Kier alpha value is -5.61. The van der Waals surface area contributed by atoms with Gasteiger partial charge in [-0.3, -0.25) is 14.4 Å². The molecule has 1 aliphatic rings. The second kappa shape index (κ2) is 18.6. The van der Waals surface area contributed by atoms with E-state index < -0.39 is 29.3 Å². The van der Waals surface area contributed by atoms with Crippen molar-refractivity contribution in [2.45, 2.75) is 50.6 Å². The minimum atomic E-state index is -1.30.